The van der Waals surface area contributed by atoms with Crippen LogP contribution in [-0.4, -0.2) is 12.4 Å². The minimum Gasteiger partial charge on any atom is -0.384 e. The third kappa shape index (κ3) is 1.37. The summed E-state index contributed by atoms with van der Waals surface area (Å²) in [7, 11) is 0. The fourth-order valence-corrected chi connectivity index (χ4v) is 0.674. The molecule has 0 aliphatic carbocycles. The molecule has 0 unspecified atom stereocenters. The van der Waals surface area contributed by atoms with E-state index in [1.54, 1.807) is 0 Å². The lowest BCUT2D eigenvalue weighted by atomic mass is 10.3. The lowest BCUT2D eigenvalue weighted by Crippen LogP contribution is -2.06. The smallest absolute Gasteiger partial charge is 0.117 e. The highest BCUT2D eigenvalue weighted by Gasteiger charge is 1.89. The Morgan fingerprint density at radius 3 is 3.38 bits per heavy atom. The van der Waals surface area contributed by atoms with Gasteiger partial charge in [0.2, 0.25) is 0 Å². The van der Waals surface area contributed by atoms with Crippen molar-refractivity contribution in [3.63, 3.8) is 0 Å². The molecule has 0 bridgehead atoms. The van der Waals surface area contributed by atoms with Crippen LogP contribution in [0.25, 0.3) is 0 Å². The number of hydrogen-bond acceptors (Lipinski definition) is 2. The number of aliphatic imine (C=N–C) groups is 1. The summed E-state index contributed by atoms with van der Waals surface area (Å²) in [5, 5.41) is 0. The highest BCUT2D eigenvalue weighted by molar-refractivity contribution is 5.91. The van der Waals surface area contributed by atoms with E-state index in [0.717, 1.165) is 19.4 Å². The van der Waals surface area contributed by atoms with E-state index in [9.17, 15) is 0 Å². The van der Waals surface area contributed by atoms with Gasteiger partial charge < -0.3 is 5.73 Å². The summed E-state index contributed by atoms with van der Waals surface area (Å²) in [4.78, 5) is 4.03. The molecule has 8 heavy (non-hydrogen) atoms. The Morgan fingerprint density at radius 2 is 2.50 bits per heavy atom. The van der Waals surface area contributed by atoms with Gasteiger partial charge in [0.15, 0.2) is 0 Å². The van der Waals surface area contributed by atoms with Gasteiger partial charge in [-0.25, -0.2) is 0 Å². The van der Waals surface area contributed by atoms with Crippen molar-refractivity contribution in [3.8, 4) is 0 Å². The summed E-state index contributed by atoms with van der Waals surface area (Å²) in [6.45, 7) is 0.888. The number of nitrogens with two attached hydrogens (primary N) is 1. The first-order valence-electron chi connectivity index (χ1n) is 2.86. The molecule has 0 radical (unpaired) electrons. The largest absolute Gasteiger partial charge is 0.384 e. The monoisotopic (exact) mass is 110 g/mol. The van der Waals surface area contributed by atoms with E-state index in [1.165, 1.54) is 0 Å². The molecule has 2 heteroatoms. The van der Waals surface area contributed by atoms with Crippen molar-refractivity contribution in [2.24, 2.45) is 10.7 Å². The molecule has 1 aliphatic heterocycles. The summed E-state index contributed by atoms with van der Waals surface area (Å²) in [5.74, 6) is 0.669. The van der Waals surface area contributed by atoms with E-state index in [2.05, 4.69) is 11.1 Å². The van der Waals surface area contributed by atoms with Crippen LogP contribution in [0.4, 0.5) is 0 Å². The second-order valence-corrected chi connectivity index (χ2v) is 1.85. The number of amidine groups is 1. The molecule has 0 saturated carbocycles. The van der Waals surface area contributed by atoms with Crippen molar-refractivity contribution < 1.29 is 0 Å². The van der Waals surface area contributed by atoms with Crippen molar-refractivity contribution >= 4 is 5.84 Å². The summed E-state index contributed by atoms with van der Waals surface area (Å²) >= 11 is 0. The summed E-state index contributed by atoms with van der Waals surface area (Å²) in [6.07, 6.45) is 6.18. The fraction of sp³-hybridized carbons (Fsp3) is 0.500. The quantitative estimate of drug-likeness (QED) is 0.489. The molecule has 1 aliphatic rings. The van der Waals surface area contributed by atoms with Crippen LogP contribution < -0.4 is 5.73 Å². The molecule has 0 saturated heterocycles. The average molecular weight is 110 g/mol. The molecule has 0 atom stereocenters. The van der Waals surface area contributed by atoms with E-state index < -0.39 is 0 Å². The van der Waals surface area contributed by atoms with Crippen LogP contribution in [0.5, 0.6) is 0 Å². The van der Waals surface area contributed by atoms with Crippen LogP contribution in [0.1, 0.15) is 12.8 Å². The first-order valence-corrected chi connectivity index (χ1v) is 2.86. The van der Waals surface area contributed by atoms with Gasteiger partial charge in [0.1, 0.15) is 5.84 Å². The second-order valence-electron chi connectivity index (χ2n) is 1.85. The lowest BCUT2D eigenvalue weighted by Gasteiger charge is -1.85. The second kappa shape index (κ2) is 2.50. The van der Waals surface area contributed by atoms with Crippen LogP contribution in [0.3, 0.4) is 0 Å². The molecule has 0 fully saturated rings. The van der Waals surface area contributed by atoms with E-state index in [4.69, 9.17) is 5.73 Å². The molecular formula is C6H10N2. The lowest BCUT2D eigenvalue weighted by molar-refractivity contribution is 0.864. The summed E-state index contributed by atoms with van der Waals surface area (Å²) in [6, 6.07) is 0. The number of allylic oxidation sites excluding steroid dienone is 1. The first-order chi connectivity index (χ1) is 3.89. The van der Waals surface area contributed by atoms with Gasteiger partial charge in [-0.15, -0.1) is 0 Å². The Bertz CT molecular complexity index is 124. The normalized spacial score (nSPS) is 19.8. The topological polar surface area (TPSA) is 38.4 Å². The van der Waals surface area contributed by atoms with Gasteiger partial charge in [0, 0.05) is 6.54 Å². The number of rotatable bonds is 0. The number of nitrogens with zero attached hydrogens (tertiary/aromatic N) is 1. The Balaban J connectivity index is 2.55. The van der Waals surface area contributed by atoms with Gasteiger partial charge in [-0.2, -0.15) is 0 Å². The zero-order valence-corrected chi connectivity index (χ0v) is 4.80. The number of hydrogen-bond donors (Lipinski definition) is 1. The molecule has 0 amide bonds. The molecule has 0 aromatic carbocycles. The minimum atomic E-state index is 0.669. The van der Waals surface area contributed by atoms with Crippen LogP contribution in [0.15, 0.2) is 17.1 Å². The van der Waals surface area contributed by atoms with Crippen molar-refractivity contribution in [1.29, 1.82) is 0 Å². The van der Waals surface area contributed by atoms with Crippen LogP contribution in [-0.2, 0) is 0 Å². The van der Waals surface area contributed by atoms with Crippen molar-refractivity contribution in [2.45, 2.75) is 12.8 Å². The summed E-state index contributed by atoms with van der Waals surface area (Å²) in [5.41, 5.74) is 5.40. The highest BCUT2D eigenvalue weighted by Crippen LogP contribution is 1.95. The zero-order chi connectivity index (χ0) is 5.82. The van der Waals surface area contributed by atoms with E-state index >= 15 is 0 Å². The molecule has 2 N–H and O–H groups in total. The predicted molar refractivity (Wildman–Crippen MR) is 34.9 cm³/mol. The van der Waals surface area contributed by atoms with Crippen LogP contribution >= 0.6 is 0 Å². The van der Waals surface area contributed by atoms with Gasteiger partial charge in [-0.3, -0.25) is 4.99 Å². The molecule has 2 nitrogen and oxygen atoms in total. The Labute approximate surface area is 49.1 Å². The van der Waals surface area contributed by atoms with Gasteiger partial charge >= 0.3 is 0 Å². The summed E-state index contributed by atoms with van der Waals surface area (Å²) < 4.78 is 0. The zero-order valence-electron chi connectivity index (χ0n) is 4.80. The molecular weight excluding hydrogens is 100 g/mol. The van der Waals surface area contributed by atoms with Crippen LogP contribution in [0.2, 0.25) is 0 Å². The SMILES string of the molecule is NC1=NCCCC=C1. The minimum absolute atomic E-state index is 0.669. The molecule has 0 aromatic heterocycles. The Kier molecular flexibility index (Phi) is 1.67. The maximum Gasteiger partial charge on any atom is 0.117 e. The molecule has 1 rings (SSSR count). The van der Waals surface area contributed by atoms with Crippen molar-refractivity contribution in [1.82, 2.24) is 0 Å². The van der Waals surface area contributed by atoms with Crippen LogP contribution in [0, 0.1) is 0 Å². The maximum atomic E-state index is 5.40. The van der Waals surface area contributed by atoms with E-state index in [0.29, 0.717) is 5.84 Å². The Morgan fingerprint density at radius 1 is 1.62 bits per heavy atom. The molecule has 0 aromatic rings. The predicted octanol–water partition coefficient (Wildman–Crippen LogP) is 0.694. The third-order valence-electron chi connectivity index (χ3n) is 1.11. The maximum absolute atomic E-state index is 5.40. The average Bonchev–Trinajstić information content (AvgIpc) is 1.94. The van der Waals surface area contributed by atoms with Crippen molar-refractivity contribution in [2.75, 3.05) is 6.54 Å². The van der Waals surface area contributed by atoms with Gasteiger partial charge in [-0.1, -0.05) is 6.08 Å². The fourth-order valence-electron chi connectivity index (χ4n) is 0.674. The van der Waals surface area contributed by atoms with Gasteiger partial charge in [0.25, 0.3) is 0 Å². The van der Waals surface area contributed by atoms with Gasteiger partial charge in [0.05, 0.1) is 0 Å². The third-order valence-corrected chi connectivity index (χ3v) is 1.11. The molecule has 1 heterocycles. The Hall–Kier alpha value is -0.790. The highest BCUT2D eigenvalue weighted by atomic mass is 14.8. The molecule has 0 spiro atoms. The van der Waals surface area contributed by atoms with E-state index in [-0.39, 0.29) is 0 Å². The standard InChI is InChI=1S/C6H10N2/c7-6-4-2-1-3-5-8-6/h2,4H,1,3,5H2,(H2,7,8). The van der Waals surface area contributed by atoms with E-state index in [1.807, 2.05) is 6.08 Å². The van der Waals surface area contributed by atoms with Gasteiger partial charge in [-0.05, 0) is 18.9 Å². The first kappa shape index (κ1) is 5.35. The van der Waals surface area contributed by atoms with Crippen molar-refractivity contribution in [3.05, 3.63) is 12.2 Å². The molecule has 44 valence electrons.